The molecule has 4 aromatic rings. The summed E-state index contributed by atoms with van der Waals surface area (Å²) in [5, 5.41) is 13.6. The molecule has 0 spiro atoms. The van der Waals surface area contributed by atoms with E-state index in [2.05, 4.69) is 129 Å². The van der Waals surface area contributed by atoms with Crippen LogP contribution in [0.3, 0.4) is 0 Å². The van der Waals surface area contributed by atoms with Crippen LogP contribution < -0.4 is 36.6 Å². The molecule has 260 valence electrons. The predicted molar refractivity (Wildman–Crippen MR) is 206 cm³/mol. The molecular formula is C42H54N3O3P. The van der Waals surface area contributed by atoms with Gasteiger partial charge in [-0.3, -0.25) is 9.59 Å². The molecule has 6 nitrogen and oxygen atoms in total. The molecule has 4 aromatic carbocycles. The number of rotatable bonds is 15. The lowest BCUT2D eigenvalue weighted by molar-refractivity contribution is -0.131. The summed E-state index contributed by atoms with van der Waals surface area (Å²) in [4.78, 5) is 27.6. The van der Waals surface area contributed by atoms with Gasteiger partial charge < -0.3 is 20.7 Å². The average Bonchev–Trinajstić information content (AvgIpc) is 3.06. The molecule has 0 radical (unpaired) electrons. The summed E-state index contributed by atoms with van der Waals surface area (Å²) in [5.41, 5.74) is 1.37. The van der Waals surface area contributed by atoms with Gasteiger partial charge in [0.05, 0.1) is 6.04 Å². The molecule has 7 heteroatoms. The SMILES string of the molecule is CCCCNC(=O)[C@H](Cc1ccc(OC(C)(C)C)cc1)NC(=O)[C@@H](NCc1ccccc1P(c1ccccc1)c1ccccc1)C(C)(C)C. The molecule has 0 saturated heterocycles. The molecule has 4 rings (SSSR count). The van der Waals surface area contributed by atoms with Gasteiger partial charge in [-0.05, 0) is 79.7 Å². The number of carbonyl (C=O) groups excluding carboxylic acids is 2. The Hall–Kier alpha value is -3.99. The zero-order valence-corrected chi connectivity index (χ0v) is 31.1. The Balaban J connectivity index is 1.57. The van der Waals surface area contributed by atoms with Gasteiger partial charge in [0.25, 0.3) is 0 Å². The third-order valence-corrected chi connectivity index (χ3v) is 10.7. The first-order valence-corrected chi connectivity index (χ1v) is 18.8. The fourth-order valence-corrected chi connectivity index (χ4v) is 8.19. The highest BCUT2D eigenvalue weighted by molar-refractivity contribution is 7.79. The Morgan fingerprint density at radius 1 is 0.735 bits per heavy atom. The van der Waals surface area contributed by atoms with Crippen LogP contribution in [0.25, 0.3) is 0 Å². The van der Waals surface area contributed by atoms with Crippen molar-refractivity contribution in [1.29, 1.82) is 0 Å². The van der Waals surface area contributed by atoms with Gasteiger partial charge in [-0.15, -0.1) is 0 Å². The van der Waals surface area contributed by atoms with Gasteiger partial charge in [-0.25, -0.2) is 0 Å². The summed E-state index contributed by atoms with van der Waals surface area (Å²) in [5.74, 6) is 0.401. The van der Waals surface area contributed by atoms with Gasteiger partial charge in [-0.2, -0.15) is 0 Å². The van der Waals surface area contributed by atoms with Crippen LogP contribution in [0.1, 0.15) is 72.4 Å². The van der Waals surface area contributed by atoms with Crippen LogP contribution in [0.5, 0.6) is 5.75 Å². The summed E-state index contributed by atoms with van der Waals surface area (Å²) in [6, 6.07) is 36.3. The largest absolute Gasteiger partial charge is 0.488 e. The number of unbranched alkanes of at least 4 members (excludes halogenated alkanes) is 1. The van der Waals surface area contributed by atoms with E-state index in [1.165, 1.54) is 15.9 Å². The van der Waals surface area contributed by atoms with Gasteiger partial charge >= 0.3 is 0 Å². The number of benzene rings is 4. The Morgan fingerprint density at radius 3 is 1.86 bits per heavy atom. The maximum Gasteiger partial charge on any atom is 0.242 e. The summed E-state index contributed by atoms with van der Waals surface area (Å²) < 4.78 is 5.99. The van der Waals surface area contributed by atoms with Crippen LogP contribution in [-0.4, -0.2) is 36.0 Å². The first kappa shape index (κ1) is 37.8. The van der Waals surface area contributed by atoms with E-state index in [9.17, 15) is 9.59 Å². The summed E-state index contributed by atoms with van der Waals surface area (Å²) in [6.07, 6.45) is 2.23. The number of carbonyl (C=O) groups is 2. The van der Waals surface area contributed by atoms with Crippen molar-refractivity contribution in [1.82, 2.24) is 16.0 Å². The maximum absolute atomic E-state index is 14.1. The Labute approximate surface area is 295 Å². The van der Waals surface area contributed by atoms with E-state index in [-0.39, 0.29) is 17.4 Å². The molecule has 2 atom stereocenters. The van der Waals surface area contributed by atoms with Crippen LogP contribution in [0.2, 0.25) is 0 Å². The van der Waals surface area contributed by atoms with Crippen molar-refractivity contribution >= 4 is 35.6 Å². The van der Waals surface area contributed by atoms with Crippen LogP contribution in [0.15, 0.2) is 109 Å². The summed E-state index contributed by atoms with van der Waals surface area (Å²) in [6.45, 7) is 15.4. The van der Waals surface area contributed by atoms with Crippen molar-refractivity contribution in [2.24, 2.45) is 5.41 Å². The van der Waals surface area contributed by atoms with Crippen LogP contribution >= 0.6 is 7.92 Å². The molecule has 0 aliphatic rings. The minimum Gasteiger partial charge on any atom is -0.488 e. The Kier molecular flexibility index (Phi) is 13.6. The highest BCUT2D eigenvalue weighted by Gasteiger charge is 2.34. The quantitative estimate of drug-likeness (QED) is 0.0958. The van der Waals surface area contributed by atoms with Crippen LogP contribution in [-0.2, 0) is 22.6 Å². The number of hydrogen-bond acceptors (Lipinski definition) is 4. The molecule has 2 amide bonds. The maximum atomic E-state index is 14.1. The van der Waals surface area contributed by atoms with Gasteiger partial charge in [0, 0.05) is 19.5 Å². The van der Waals surface area contributed by atoms with E-state index in [1.807, 2.05) is 45.0 Å². The number of ether oxygens (including phenoxy) is 1. The van der Waals surface area contributed by atoms with Crippen LogP contribution in [0, 0.1) is 5.41 Å². The zero-order chi connectivity index (χ0) is 35.4. The highest BCUT2D eigenvalue weighted by Crippen LogP contribution is 2.34. The average molecular weight is 680 g/mol. The smallest absolute Gasteiger partial charge is 0.242 e. The van der Waals surface area contributed by atoms with Gasteiger partial charge in [0.2, 0.25) is 11.8 Å². The molecule has 3 N–H and O–H groups in total. The standard InChI is InChI=1S/C42H54N3O3P/c1-8-9-28-43-39(46)36(29-31-24-26-33(27-25-31)48-42(5,6)7)45-40(47)38(41(2,3)4)44-30-32-18-16-17-23-37(32)49(34-19-12-10-13-20-34)35-21-14-11-15-22-35/h10-27,36,38,44H,8-9,28-30H2,1-7H3,(H,43,46)(H,45,47)/t36-,38+/m0/s1. The number of amides is 2. The molecular weight excluding hydrogens is 625 g/mol. The highest BCUT2D eigenvalue weighted by atomic mass is 31.1. The molecule has 0 saturated carbocycles. The number of nitrogens with one attached hydrogen (secondary N) is 3. The molecule has 0 unspecified atom stereocenters. The predicted octanol–water partition coefficient (Wildman–Crippen LogP) is 6.77. The molecule has 0 aromatic heterocycles. The normalized spacial score (nSPS) is 13.1. The van der Waals surface area contributed by atoms with E-state index in [0.717, 1.165) is 29.7 Å². The van der Waals surface area contributed by atoms with Gasteiger partial charge in [-0.1, -0.05) is 131 Å². The second-order valence-corrected chi connectivity index (χ2v) is 16.8. The topological polar surface area (TPSA) is 79.5 Å². The van der Waals surface area contributed by atoms with Gasteiger partial charge in [0.1, 0.15) is 17.4 Å². The van der Waals surface area contributed by atoms with Crippen molar-refractivity contribution in [2.75, 3.05) is 6.54 Å². The third-order valence-electron chi connectivity index (χ3n) is 8.14. The minimum atomic E-state index is -0.813. The minimum absolute atomic E-state index is 0.175. The second kappa shape index (κ2) is 17.6. The van der Waals surface area contributed by atoms with Crippen molar-refractivity contribution in [2.45, 2.75) is 92.0 Å². The first-order valence-electron chi connectivity index (χ1n) is 17.4. The fraction of sp³-hybridized carbons (Fsp3) is 0.381. The first-order chi connectivity index (χ1) is 23.4. The Morgan fingerprint density at radius 2 is 1.31 bits per heavy atom. The number of hydrogen-bond donors (Lipinski definition) is 3. The monoisotopic (exact) mass is 679 g/mol. The molecule has 0 fully saturated rings. The lowest BCUT2D eigenvalue weighted by atomic mass is 9.85. The van der Waals surface area contributed by atoms with Crippen LogP contribution in [0.4, 0.5) is 0 Å². The molecule has 0 aliphatic heterocycles. The zero-order valence-electron chi connectivity index (χ0n) is 30.3. The van der Waals surface area contributed by atoms with Gasteiger partial charge in [0.15, 0.2) is 0 Å². The molecule has 0 bridgehead atoms. The van der Waals surface area contributed by atoms with E-state index in [0.29, 0.717) is 19.5 Å². The lowest BCUT2D eigenvalue weighted by Crippen LogP contribution is -2.57. The lowest BCUT2D eigenvalue weighted by Gasteiger charge is -2.32. The van der Waals surface area contributed by atoms with Crippen molar-refractivity contribution < 1.29 is 14.3 Å². The summed E-state index contributed by atoms with van der Waals surface area (Å²) >= 11 is 0. The third kappa shape index (κ3) is 11.5. The van der Waals surface area contributed by atoms with Crippen molar-refractivity contribution in [3.05, 3.63) is 120 Å². The molecule has 0 aliphatic carbocycles. The van der Waals surface area contributed by atoms with Crippen molar-refractivity contribution in [3.8, 4) is 5.75 Å². The van der Waals surface area contributed by atoms with E-state index < -0.39 is 25.4 Å². The van der Waals surface area contributed by atoms with E-state index >= 15 is 0 Å². The van der Waals surface area contributed by atoms with Crippen molar-refractivity contribution in [3.63, 3.8) is 0 Å². The Bertz CT molecular complexity index is 1570. The molecule has 0 heterocycles. The fourth-order valence-electron chi connectivity index (χ4n) is 5.72. The van der Waals surface area contributed by atoms with E-state index in [4.69, 9.17) is 4.74 Å². The molecule has 49 heavy (non-hydrogen) atoms. The second-order valence-electron chi connectivity index (χ2n) is 14.6. The van der Waals surface area contributed by atoms with E-state index in [1.54, 1.807) is 0 Å². The summed E-state index contributed by atoms with van der Waals surface area (Å²) in [7, 11) is -0.813.